The van der Waals surface area contributed by atoms with Crippen LogP contribution in [0.1, 0.15) is 31.1 Å². The lowest BCUT2D eigenvalue weighted by Crippen LogP contribution is -2.10. The summed E-state index contributed by atoms with van der Waals surface area (Å²) in [5.74, 6) is 1.43. The summed E-state index contributed by atoms with van der Waals surface area (Å²) in [4.78, 5) is 0. The van der Waals surface area contributed by atoms with Gasteiger partial charge in [0.15, 0.2) is 0 Å². The minimum atomic E-state index is -0.736. The van der Waals surface area contributed by atoms with Crippen molar-refractivity contribution in [3.8, 4) is 11.5 Å². The Morgan fingerprint density at radius 3 is 2.45 bits per heavy atom. The summed E-state index contributed by atoms with van der Waals surface area (Å²) in [6.07, 6.45) is -0.672. The summed E-state index contributed by atoms with van der Waals surface area (Å²) in [6, 6.07) is 15.0. The predicted octanol–water partition coefficient (Wildman–Crippen LogP) is 3.56. The fourth-order valence-corrected chi connectivity index (χ4v) is 2.06. The molecule has 0 bridgehead atoms. The lowest BCUT2D eigenvalue weighted by molar-refractivity contribution is 0.198. The van der Waals surface area contributed by atoms with Gasteiger partial charge >= 0.3 is 0 Å². The van der Waals surface area contributed by atoms with Crippen LogP contribution in [0.2, 0.25) is 0 Å². The third-order valence-electron chi connectivity index (χ3n) is 2.99. The molecule has 3 nitrogen and oxygen atoms in total. The average molecular weight is 272 g/mol. The van der Waals surface area contributed by atoms with Crippen LogP contribution in [-0.2, 0) is 0 Å². The highest BCUT2D eigenvalue weighted by atomic mass is 16.5. The number of benzene rings is 2. The number of rotatable bonds is 5. The maximum atomic E-state index is 10.6. The molecule has 0 aliphatic rings. The van der Waals surface area contributed by atoms with Gasteiger partial charge in [0, 0.05) is 5.56 Å². The molecule has 1 N–H and O–H groups in total. The molecule has 2 aromatic carbocycles. The number of hydrogen-bond acceptors (Lipinski definition) is 3. The number of ether oxygens (including phenoxy) is 2. The molecule has 20 heavy (non-hydrogen) atoms. The number of hydrogen-bond donors (Lipinski definition) is 1. The number of methoxy groups -OCH3 is 1. The van der Waals surface area contributed by atoms with Gasteiger partial charge in [-0.05, 0) is 37.6 Å². The highest BCUT2D eigenvalue weighted by Crippen LogP contribution is 2.31. The highest BCUT2D eigenvalue weighted by Gasteiger charge is 2.16. The van der Waals surface area contributed by atoms with Crippen molar-refractivity contribution in [2.24, 2.45) is 0 Å². The smallest absolute Gasteiger partial charge is 0.125 e. The lowest BCUT2D eigenvalue weighted by Gasteiger charge is -2.18. The van der Waals surface area contributed by atoms with Crippen LogP contribution in [0.4, 0.5) is 0 Å². The van der Waals surface area contributed by atoms with Crippen LogP contribution in [0.5, 0.6) is 11.5 Å². The normalized spacial score (nSPS) is 12.2. The van der Waals surface area contributed by atoms with Crippen molar-refractivity contribution in [2.75, 3.05) is 7.11 Å². The van der Waals surface area contributed by atoms with Gasteiger partial charge in [0.2, 0.25) is 0 Å². The van der Waals surface area contributed by atoms with Crippen LogP contribution in [0, 0.1) is 0 Å². The first-order valence-corrected chi connectivity index (χ1v) is 6.69. The molecule has 1 unspecified atom stereocenters. The maximum Gasteiger partial charge on any atom is 0.125 e. The van der Waals surface area contributed by atoms with E-state index in [2.05, 4.69) is 0 Å². The van der Waals surface area contributed by atoms with Crippen molar-refractivity contribution in [2.45, 2.75) is 26.1 Å². The molecule has 3 heteroatoms. The largest absolute Gasteiger partial charge is 0.497 e. The molecule has 0 spiro atoms. The Labute approximate surface area is 119 Å². The van der Waals surface area contributed by atoms with Crippen LogP contribution < -0.4 is 9.47 Å². The van der Waals surface area contributed by atoms with Gasteiger partial charge in [0.05, 0.1) is 13.2 Å². The summed E-state index contributed by atoms with van der Waals surface area (Å²) >= 11 is 0. The molecule has 106 valence electrons. The Balaban J connectivity index is 2.34. The number of para-hydroxylation sites is 1. The Kier molecular flexibility index (Phi) is 4.64. The first-order valence-electron chi connectivity index (χ1n) is 6.69. The van der Waals surface area contributed by atoms with E-state index in [0.717, 1.165) is 16.9 Å². The van der Waals surface area contributed by atoms with E-state index in [1.54, 1.807) is 7.11 Å². The monoisotopic (exact) mass is 272 g/mol. The minimum absolute atomic E-state index is 0.0636. The molecule has 0 aromatic heterocycles. The summed E-state index contributed by atoms with van der Waals surface area (Å²) in [5, 5.41) is 10.6. The standard InChI is InChI=1S/C17H20O3/c1-12(2)20-16-10-5-4-9-15(16)17(18)13-7-6-8-14(11-13)19-3/h4-12,17-18H,1-3H3. The van der Waals surface area contributed by atoms with E-state index in [9.17, 15) is 5.11 Å². The van der Waals surface area contributed by atoms with Crippen molar-refractivity contribution in [1.82, 2.24) is 0 Å². The zero-order chi connectivity index (χ0) is 14.5. The molecule has 0 radical (unpaired) electrons. The second-order valence-electron chi connectivity index (χ2n) is 4.88. The third kappa shape index (κ3) is 3.31. The Morgan fingerprint density at radius 2 is 1.75 bits per heavy atom. The number of aliphatic hydroxyl groups excluding tert-OH is 1. The molecule has 0 heterocycles. The van der Waals surface area contributed by atoms with Crippen molar-refractivity contribution in [1.29, 1.82) is 0 Å². The van der Waals surface area contributed by atoms with E-state index in [1.807, 2.05) is 62.4 Å². The quantitative estimate of drug-likeness (QED) is 0.904. The van der Waals surface area contributed by atoms with E-state index in [-0.39, 0.29) is 6.10 Å². The second kappa shape index (κ2) is 6.44. The van der Waals surface area contributed by atoms with Gasteiger partial charge in [0.25, 0.3) is 0 Å². The first-order chi connectivity index (χ1) is 9.61. The van der Waals surface area contributed by atoms with Crippen molar-refractivity contribution < 1.29 is 14.6 Å². The first kappa shape index (κ1) is 14.4. The van der Waals surface area contributed by atoms with E-state index in [4.69, 9.17) is 9.47 Å². The van der Waals surface area contributed by atoms with E-state index in [1.165, 1.54) is 0 Å². The molecule has 0 amide bonds. The fourth-order valence-electron chi connectivity index (χ4n) is 2.06. The van der Waals surface area contributed by atoms with Crippen molar-refractivity contribution >= 4 is 0 Å². The highest BCUT2D eigenvalue weighted by molar-refractivity contribution is 5.42. The van der Waals surface area contributed by atoms with Crippen LogP contribution >= 0.6 is 0 Å². The van der Waals surface area contributed by atoms with Crippen LogP contribution in [0.15, 0.2) is 48.5 Å². The summed E-state index contributed by atoms with van der Waals surface area (Å²) in [5.41, 5.74) is 1.54. The zero-order valence-corrected chi connectivity index (χ0v) is 12.0. The van der Waals surface area contributed by atoms with Gasteiger partial charge in [-0.3, -0.25) is 0 Å². The van der Waals surface area contributed by atoms with Crippen molar-refractivity contribution in [3.63, 3.8) is 0 Å². The molecule has 0 fully saturated rings. The Bertz CT molecular complexity index is 564. The molecule has 2 rings (SSSR count). The molecular weight excluding hydrogens is 252 g/mol. The van der Waals surface area contributed by atoms with Gasteiger partial charge in [-0.1, -0.05) is 30.3 Å². The molecule has 0 saturated carbocycles. The molecule has 2 aromatic rings. The SMILES string of the molecule is COc1cccc(C(O)c2ccccc2OC(C)C)c1. The summed E-state index contributed by atoms with van der Waals surface area (Å²) < 4.78 is 10.9. The Morgan fingerprint density at radius 1 is 1.00 bits per heavy atom. The molecule has 1 atom stereocenters. The minimum Gasteiger partial charge on any atom is -0.497 e. The molecule has 0 aliphatic heterocycles. The van der Waals surface area contributed by atoms with E-state index >= 15 is 0 Å². The van der Waals surface area contributed by atoms with Crippen LogP contribution in [0.25, 0.3) is 0 Å². The Hall–Kier alpha value is -2.00. The fraction of sp³-hybridized carbons (Fsp3) is 0.294. The topological polar surface area (TPSA) is 38.7 Å². The van der Waals surface area contributed by atoms with Crippen molar-refractivity contribution in [3.05, 3.63) is 59.7 Å². The maximum absolute atomic E-state index is 10.6. The predicted molar refractivity (Wildman–Crippen MR) is 79.3 cm³/mol. The number of aliphatic hydroxyl groups is 1. The molecule has 0 saturated heterocycles. The third-order valence-corrected chi connectivity index (χ3v) is 2.99. The van der Waals surface area contributed by atoms with Gasteiger partial charge in [-0.25, -0.2) is 0 Å². The van der Waals surface area contributed by atoms with E-state index < -0.39 is 6.10 Å². The average Bonchev–Trinajstić information content (AvgIpc) is 2.46. The van der Waals surface area contributed by atoms with Crippen LogP contribution in [-0.4, -0.2) is 18.3 Å². The molecular formula is C17H20O3. The zero-order valence-electron chi connectivity index (χ0n) is 12.0. The van der Waals surface area contributed by atoms with Gasteiger partial charge in [0.1, 0.15) is 17.6 Å². The lowest BCUT2D eigenvalue weighted by atomic mass is 10.0. The van der Waals surface area contributed by atoms with E-state index in [0.29, 0.717) is 5.75 Å². The van der Waals surface area contributed by atoms with Gasteiger partial charge in [-0.2, -0.15) is 0 Å². The summed E-state index contributed by atoms with van der Waals surface area (Å²) in [7, 11) is 1.61. The van der Waals surface area contributed by atoms with Gasteiger partial charge < -0.3 is 14.6 Å². The molecule has 0 aliphatic carbocycles. The summed E-state index contributed by atoms with van der Waals surface area (Å²) in [6.45, 7) is 3.93. The second-order valence-corrected chi connectivity index (χ2v) is 4.88. The van der Waals surface area contributed by atoms with Gasteiger partial charge in [-0.15, -0.1) is 0 Å². The van der Waals surface area contributed by atoms with Crippen LogP contribution in [0.3, 0.4) is 0 Å².